The zero-order valence-electron chi connectivity index (χ0n) is 10.8. The summed E-state index contributed by atoms with van der Waals surface area (Å²) in [4.78, 5) is 21.2. The summed E-state index contributed by atoms with van der Waals surface area (Å²) < 4.78 is 5.14. The molecule has 0 amide bonds. The Kier molecular flexibility index (Phi) is 5.25. The molecule has 0 saturated heterocycles. The first-order valence-corrected chi connectivity index (χ1v) is 5.81. The fraction of sp³-hybridized carbons (Fsp3) is 0.417. The van der Waals surface area contributed by atoms with Crippen molar-refractivity contribution in [1.82, 2.24) is 0 Å². The van der Waals surface area contributed by atoms with E-state index in [0.717, 1.165) is 6.07 Å². The zero-order valence-corrected chi connectivity index (χ0v) is 10.8. The molecule has 7 heteroatoms. The second-order valence-electron chi connectivity index (χ2n) is 3.85. The average molecular weight is 268 g/mol. The van der Waals surface area contributed by atoms with Crippen LogP contribution in [0.4, 0.5) is 11.4 Å². The Balaban J connectivity index is 3.01. The van der Waals surface area contributed by atoms with Crippen LogP contribution in [0.2, 0.25) is 0 Å². The largest absolute Gasteiger partial charge is 0.478 e. The van der Waals surface area contributed by atoms with Gasteiger partial charge in [0.15, 0.2) is 0 Å². The predicted octanol–water partition coefficient (Wildman–Crippen LogP) is 2.05. The molecule has 0 aromatic heterocycles. The second kappa shape index (κ2) is 6.69. The van der Waals surface area contributed by atoms with Crippen LogP contribution in [0.15, 0.2) is 12.1 Å². The molecular weight excluding hydrogens is 252 g/mol. The molecule has 104 valence electrons. The fourth-order valence-electron chi connectivity index (χ4n) is 1.60. The summed E-state index contributed by atoms with van der Waals surface area (Å²) in [6, 6.07) is 2.45. The van der Waals surface area contributed by atoms with E-state index in [1.165, 1.54) is 6.07 Å². The number of aromatic carboxylic acids is 1. The summed E-state index contributed by atoms with van der Waals surface area (Å²) in [7, 11) is 0. The number of rotatable bonds is 7. The second-order valence-corrected chi connectivity index (χ2v) is 3.85. The van der Waals surface area contributed by atoms with E-state index in [0.29, 0.717) is 31.0 Å². The van der Waals surface area contributed by atoms with E-state index in [2.05, 4.69) is 5.32 Å². The molecule has 0 aliphatic rings. The van der Waals surface area contributed by atoms with Crippen molar-refractivity contribution < 1.29 is 19.6 Å². The lowest BCUT2D eigenvalue weighted by atomic mass is 10.1. The van der Waals surface area contributed by atoms with Crippen LogP contribution in [0.25, 0.3) is 0 Å². The lowest BCUT2D eigenvalue weighted by Crippen LogP contribution is -2.11. The number of nitrogens with zero attached hydrogens (tertiary/aromatic N) is 1. The molecule has 1 rings (SSSR count). The lowest BCUT2D eigenvalue weighted by molar-refractivity contribution is -0.385. The minimum Gasteiger partial charge on any atom is -0.478 e. The van der Waals surface area contributed by atoms with E-state index < -0.39 is 10.9 Å². The molecule has 0 fully saturated rings. The third-order valence-corrected chi connectivity index (χ3v) is 2.59. The molecule has 0 saturated carbocycles. The third-order valence-electron chi connectivity index (χ3n) is 2.59. The Hall–Kier alpha value is -2.15. The number of benzene rings is 1. The van der Waals surface area contributed by atoms with Crippen LogP contribution in [0, 0.1) is 17.0 Å². The van der Waals surface area contributed by atoms with Crippen molar-refractivity contribution in [3.63, 3.8) is 0 Å². The molecule has 0 heterocycles. The number of carboxylic acids is 1. The Morgan fingerprint density at radius 2 is 2.21 bits per heavy atom. The van der Waals surface area contributed by atoms with Crippen molar-refractivity contribution in [3.05, 3.63) is 33.4 Å². The first kappa shape index (κ1) is 14.9. The van der Waals surface area contributed by atoms with E-state index in [-0.39, 0.29) is 11.3 Å². The number of hydrogen-bond donors (Lipinski definition) is 2. The van der Waals surface area contributed by atoms with Gasteiger partial charge in [0, 0.05) is 30.5 Å². The average Bonchev–Trinajstić information content (AvgIpc) is 2.35. The van der Waals surface area contributed by atoms with E-state index in [9.17, 15) is 14.9 Å². The number of carboxylic acid groups (broad SMARTS) is 1. The minimum atomic E-state index is -1.20. The van der Waals surface area contributed by atoms with Crippen molar-refractivity contribution >= 4 is 17.3 Å². The summed E-state index contributed by atoms with van der Waals surface area (Å²) >= 11 is 0. The molecule has 0 aliphatic heterocycles. The number of nitrogens with one attached hydrogen (secondary N) is 1. The van der Waals surface area contributed by atoms with Gasteiger partial charge in [0.2, 0.25) is 0 Å². The van der Waals surface area contributed by atoms with Crippen molar-refractivity contribution in [1.29, 1.82) is 0 Å². The number of carbonyl (C=O) groups is 1. The Bertz CT molecular complexity index is 487. The van der Waals surface area contributed by atoms with Crippen LogP contribution in [0.3, 0.4) is 0 Å². The quantitative estimate of drug-likeness (QED) is 0.446. The topological polar surface area (TPSA) is 102 Å². The first-order valence-electron chi connectivity index (χ1n) is 5.81. The molecular formula is C12H16N2O5. The highest BCUT2D eigenvalue weighted by Crippen LogP contribution is 2.27. The third kappa shape index (κ3) is 3.92. The fourth-order valence-corrected chi connectivity index (χ4v) is 1.60. The summed E-state index contributed by atoms with van der Waals surface area (Å²) in [6.45, 7) is 4.92. The molecule has 0 radical (unpaired) electrons. The van der Waals surface area contributed by atoms with Gasteiger partial charge >= 0.3 is 5.97 Å². The summed E-state index contributed by atoms with van der Waals surface area (Å²) in [5, 5.41) is 22.8. The zero-order chi connectivity index (χ0) is 14.4. The van der Waals surface area contributed by atoms with Gasteiger partial charge in [0.05, 0.1) is 17.1 Å². The SMILES string of the molecule is CCOCCNc1cc(C(=O)O)cc([N+](=O)[O-])c1C. The van der Waals surface area contributed by atoms with Crippen LogP contribution >= 0.6 is 0 Å². The normalized spacial score (nSPS) is 10.2. The van der Waals surface area contributed by atoms with Gasteiger partial charge in [0.1, 0.15) is 0 Å². The number of anilines is 1. The maximum atomic E-state index is 10.9. The Morgan fingerprint density at radius 1 is 1.53 bits per heavy atom. The van der Waals surface area contributed by atoms with Crippen LogP contribution in [0.5, 0.6) is 0 Å². The lowest BCUT2D eigenvalue weighted by Gasteiger charge is -2.11. The van der Waals surface area contributed by atoms with Crippen LogP contribution in [0.1, 0.15) is 22.8 Å². The number of hydrogen-bond acceptors (Lipinski definition) is 5. The van der Waals surface area contributed by atoms with Gasteiger partial charge in [-0.15, -0.1) is 0 Å². The van der Waals surface area contributed by atoms with Crippen LogP contribution < -0.4 is 5.32 Å². The van der Waals surface area contributed by atoms with Gasteiger partial charge in [-0.2, -0.15) is 0 Å². The van der Waals surface area contributed by atoms with Crippen molar-refractivity contribution in [3.8, 4) is 0 Å². The van der Waals surface area contributed by atoms with Crippen LogP contribution in [-0.2, 0) is 4.74 Å². The van der Waals surface area contributed by atoms with Crippen molar-refractivity contribution in [2.24, 2.45) is 0 Å². The standard InChI is InChI=1S/C12H16N2O5/c1-3-19-5-4-13-10-6-9(12(15)16)7-11(8(10)2)14(17)18/h6-7,13H,3-5H2,1-2H3,(H,15,16). The molecule has 0 spiro atoms. The highest BCUT2D eigenvalue weighted by Gasteiger charge is 2.18. The number of ether oxygens (including phenoxy) is 1. The van der Waals surface area contributed by atoms with Gasteiger partial charge in [-0.05, 0) is 19.9 Å². The predicted molar refractivity (Wildman–Crippen MR) is 69.8 cm³/mol. The highest BCUT2D eigenvalue weighted by atomic mass is 16.6. The van der Waals surface area contributed by atoms with Gasteiger partial charge in [-0.1, -0.05) is 0 Å². The summed E-state index contributed by atoms with van der Waals surface area (Å²) in [5.41, 5.74) is 0.521. The Labute approximate surface area is 110 Å². The number of nitro groups is 1. The molecule has 7 nitrogen and oxygen atoms in total. The van der Waals surface area contributed by atoms with Gasteiger partial charge < -0.3 is 15.2 Å². The van der Waals surface area contributed by atoms with Gasteiger partial charge in [-0.25, -0.2) is 4.79 Å². The molecule has 0 bridgehead atoms. The van der Waals surface area contributed by atoms with Crippen molar-refractivity contribution in [2.45, 2.75) is 13.8 Å². The first-order chi connectivity index (χ1) is 8.97. The monoisotopic (exact) mass is 268 g/mol. The van der Waals surface area contributed by atoms with E-state index in [1.54, 1.807) is 6.92 Å². The molecule has 0 atom stereocenters. The number of nitro benzene ring substituents is 1. The maximum absolute atomic E-state index is 10.9. The molecule has 1 aromatic carbocycles. The van der Waals surface area contributed by atoms with E-state index in [4.69, 9.17) is 9.84 Å². The molecule has 0 aliphatic carbocycles. The summed E-state index contributed by atoms with van der Waals surface area (Å²) in [5.74, 6) is -1.20. The van der Waals surface area contributed by atoms with Crippen molar-refractivity contribution in [2.75, 3.05) is 25.1 Å². The van der Waals surface area contributed by atoms with E-state index >= 15 is 0 Å². The Morgan fingerprint density at radius 3 is 2.74 bits per heavy atom. The molecule has 19 heavy (non-hydrogen) atoms. The van der Waals surface area contributed by atoms with Gasteiger partial charge in [0.25, 0.3) is 5.69 Å². The molecule has 1 aromatic rings. The van der Waals surface area contributed by atoms with Gasteiger partial charge in [-0.3, -0.25) is 10.1 Å². The smallest absolute Gasteiger partial charge is 0.336 e. The minimum absolute atomic E-state index is 0.115. The summed E-state index contributed by atoms with van der Waals surface area (Å²) in [6.07, 6.45) is 0. The van der Waals surface area contributed by atoms with Crippen LogP contribution in [-0.4, -0.2) is 35.8 Å². The molecule has 2 N–H and O–H groups in total. The maximum Gasteiger partial charge on any atom is 0.336 e. The van der Waals surface area contributed by atoms with E-state index in [1.807, 2.05) is 6.92 Å². The molecule has 0 unspecified atom stereocenters. The highest BCUT2D eigenvalue weighted by molar-refractivity contribution is 5.90.